The molecule has 1 nitrogen and oxygen atoms in total. The molecule has 74 valence electrons. The summed E-state index contributed by atoms with van der Waals surface area (Å²) in [7, 11) is 0. The molecule has 0 fully saturated rings. The maximum atomic E-state index is 9.98. The molecule has 1 atom stereocenters. The second-order valence-corrected chi connectivity index (χ2v) is 5.38. The molecule has 1 unspecified atom stereocenters. The molecule has 0 bridgehead atoms. The summed E-state index contributed by atoms with van der Waals surface area (Å²) in [6, 6.07) is 6.10. The van der Waals surface area contributed by atoms with Gasteiger partial charge in [-0.15, -0.1) is 22.7 Å². The summed E-state index contributed by atoms with van der Waals surface area (Å²) < 4.78 is 0. The van der Waals surface area contributed by atoms with Crippen molar-refractivity contribution in [2.45, 2.75) is 19.4 Å². The number of aliphatic hydroxyl groups is 1. The zero-order valence-electron chi connectivity index (χ0n) is 7.93. The van der Waals surface area contributed by atoms with Crippen LogP contribution < -0.4 is 0 Å². The number of hydrogen-bond donors (Lipinski definition) is 1. The number of rotatable bonds is 3. The molecule has 2 heterocycles. The van der Waals surface area contributed by atoms with E-state index in [1.807, 2.05) is 22.9 Å². The first kappa shape index (κ1) is 9.90. The first-order valence-electron chi connectivity index (χ1n) is 4.52. The molecule has 2 aromatic heterocycles. The molecule has 1 N–H and O–H groups in total. The van der Waals surface area contributed by atoms with Gasteiger partial charge in [0.25, 0.3) is 0 Å². The van der Waals surface area contributed by atoms with Crippen LogP contribution >= 0.6 is 22.7 Å². The van der Waals surface area contributed by atoms with Crippen molar-refractivity contribution in [2.24, 2.45) is 0 Å². The van der Waals surface area contributed by atoms with Gasteiger partial charge < -0.3 is 5.11 Å². The van der Waals surface area contributed by atoms with Gasteiger partial charge in [-0.1, -0.05) is 6.07 Å². The molecule has 3 heteroatoms. The fraction of sp³-hybridized carbons (Fsp3) is 0.273. The van der Waals surface area contributed by atoms with Crippen molar-refractivity contribution >= 4 is 22.7 Å². The molecule has 0 saturated carbocycles. The fourth-order valence-corrected chi connectivity index (χ4v) is 2.97. The summed E-state index contributed by atoms with van der Waals surface area (Å²) in [5, 5.41) is 14.0. The van der Waals surface area contributed by atoms with E-state index < -0.39 is 0 Å². The average molecular weight is 224 g/mol. The topological polar surface area (TPSA) is 20.2 Å². The predicted octanol–water partition coefficient (Wildman–Crippen LogP) is 3.39. The standard InChI is InChI=1S/C11H12OS2/c1-8-10(4-6-13-8)11(12)7-9-3-2-5-14-9/h2-6,11-12H,7H2,1H3. The molecule has 14 heavy (non-hydrogen) atoms. The van der Waals surface area contributed by atoms with Crippen LogP contribution in [0.3, 0.4) is 0 Å². The van der Waals surface area contributed by atoms with Gasteiger partial charge in [-0.2, -0.15) is 0 Å². The normalized spacial score (nSPS) is 13.0. The number of hydrogen-bond acceptors (Lipinski definition) is 3. The largest absolute Gasteiger partial charge is 0.388 e. The Morgan fingerprint density at radius 3 is 2.71 bits per heavy atom. The molecular formula is C11H12OS2. The van der Waals surface area contributed by atoms with Crippen molar-refractivity contribution in [3.8, 4) is 0 Å². The lowest BCUT2D eigenvalue weighted by Crippen LogP contribution is -2.00. The van der Waals surface area contributed by atoms with Crippen molar-refractivity contribution < 1.29 is 5.11 Å². The lowest BCUT2D eigenvalue weighted by Gasteiger charge is -2.08. The van der Waals surface area contributed by atoms with Gasteiger partial charge in [-0.3, -0.25) is 0 Å². The Hall–Kier alpha value is -0.640. The van der Waals surface area contributed by atoms with Crippen molar-refractivity contribution in [1.29, 1.82) is 0 Å². The van der Waals surface area contributed by atoms with Gasteiger partial charge >= 0.3 is 0 Å². The monoisotopic (exact) mass is 224 g/mol. The Balaban J connectivity index is 2.10. The number of aryl methyl sites for hydroxylation is 1. The van der Waals surface area contributed by atoms with E-state index in [-0.39, 0.29) is 6.10 Å². The van der Waals surface area contributed by atoms with E-state index in [1.165, 1.54) is 9.75 Å². The van der Waals surface area contributed by atoms with Gasteiger partial charge in [0.15, 0.2) is 0 Å². The highest BCUT2D eigenvalue weighted by molar-refractivity contribution is 7.10. The van der Waals surface area contributed by atoms with E-state index in [0.717, 1.165) is 12.0 Å². The molecule has 0 radical (unpaired) electrons. The van der Waals surface area contributed by atoms with Crippen LogP contribution in [0.2, 0.25) is 0 Å². The number of aliphatic hydroxyl groups excluding tert-OH is 1. The van der Waals surface area contributed by atoms with Gasteiger partial charge in [0, 0.05) is 16.2 Å². The second kappa shape index (κ2) is 4.26. The molecule has 0 saturated heterocycles. The first-order chi connectivity index (χ1) is 6.77. The third-order valence-electron chi connectivity index (χ3n) is 2.23. The van der Waals surface area contributed by atoms with E-state index in [1.54, 1.807) is 22.7 Å². The minimum absolute atomic E-state index is 0.347. The van der Waals surface area contributed by atoms with Gasteiger partial charge in [-0.25, -0.2) is 0 Å². The van der Waals surface area contributed by atoms with Crippen molar-refractivity contribution in [2.75, 3.05) is 0 Å². The highest BCUT2D eigenvalue weighted by Crippen LogP contribution is 2.26. The van der Waals surface area contributed by atoms with Crippen LogP contribution in [-0.4, -0.2) is 5.11 Å². The van der Waals surface area contributed by atoms with E-state index in [2.05, 4.69) is 13.0 Å². The summed E-state index contributed by atoms with van der Waals surface area (Å²) >= 11 is 3.39. The van der Waals surface area contributed by atoms with Crippen LogP contribution in [0.1, 0.15) is 21.4 Å². The SMILES string of the molecule is Cc1sccc1C(O)Cc1cccs1. The van der Waals surface area contributed by atoms with Gasteiger partial charge in [0.2, 0.25) is 0 Å². The minimum atomic E-state index is -0.347. The summed E-state index contributed by atoms with van der Waals surface area (Å²) in [4.78, 5) is 2.46. The molecular weight excluding hydrogens is 212 g/mol. The lowest BCUT2D eigenvalue weighted by molar-refractivity contribution is 0.179. The highest BCUT2D eigenvalue weighted by atomic mass is 32.1. The summed E-state index contributed by atoms with van der Waals surface area (Å²) in [5.74, 6) is 0. The maximum absolute atomic E-state index is 9.98. The van der Waals surface area contributed by atoms with E-state index >= 15 is 0 Å². The fourth-order valence-electron chi connectivity index (χ4n) is 1.47. The zero-order chi connectivity index (χ0) is 9.97. The zero-order valence-corrected chi connectivity index (χ0v) is 9.57. The summed E-state index contributed by atoms with van der Waals surface area (Å²) in [6.45, 7) is 2.05. The van der Waals surface area contributed by atoms with E-state index in [0.29, 0.717) is 0 Å². The quantitative estimate of drug-likeness (QED) is 0.847. The molecule has 0 aliphatic rings. The maximum Gasteiger partial charge on any atom is 0.0848 e. The molecule has 0 spiro atoms. The van der Waals surface area contributed by atoms with Gasteiger partial charge in [0.1, 0.15) is 0 Å². The predicted molar refractivity (Wildman–Crippen MR) is 62.0 cm³/mol. The smallest absolute Gasteiger partial charge is 0.0848 e. The Kier molecular flexibility index (Phi) is 3.01. The van der Waals surface area contributed by atoms with Crippen LogP contribution in [0.5, 0.6) is 0 Å². The van der Waals surface area contributed by atoms with Crippen molar-refractivity contribution in [3.63, 3.8) is 0 Å². The Labute approximate surface area is 91.7 Å². The first-order valence-corrected chi connectivity index (χ1v) is 6.27. The Morgan fingerprint density at radius 1 is 1.29 bits per heavy atom. The number of thiophene rings is 2. The van der Waals surface area contributed by atoms with Gasteiger partial charge in [-0.05, 0) is 35.4 Å². The Bertz CT molecular complexity index is 389. The van der Waals surface area contributed by atoms with Crippen molar-refractivity contribution in [1.82, 2.24) is 0 Å². The summed E-state index contributed by atoms with van der Waals surface area (Å²) in [6.07, 6.45) is 0.384. The molecule has 0 aromatic carbocycles. The van der Waals surface area contributed by atoms with Crippen LogP contribution in [0.15, 0.2) is 29.0 Å². The molecule has 2 aromatic rings. The highest BCUT2D eigenvalue weighted by Gasteiger charge is 2.12. The van der Waals surface area contributed by atoms with Crippen LogP contribution in [0.4, 0.5) is 0 Å². The Morgan fingerprint density at radius 2 is 2.14 bits per heavy atom. The van der Waals surface area contributed by atoms with Gasteiger partial charge in [0.05, 0.1) is 6.10 Å². The third-order valence-corrected chi connectivity index (χ3v) is 3.99. The van der Waals surface area contributed by atoms with Crippen LogP contribution in [0.25, 0.3) is 0 Å². The third kappa shape index (κ3) is 2.05. The second-order valence-electron chi connectivity index (χ2n) is 3.23. The van der Waals surface area contributed by atoms with E-state index in [4.69, 9.17) is 0 Å². The molecule has 0 aliphatic carbocycles. The lowest BCUT2D eigenvalue weighted by atomic mass is 10.1. The van der Waals surface area contributed by atoms with E-state index in [9.17, 15) is 5.11 Å². The molecule has 2 rings (SSSR count). The van der Waals surface area contributed by atoms with Crippen LogP contribution in [-0.2, 0) is 6.42 Å². The van der Waals surface area contributed by atoms with Crippen molar-refractivity contribution in [3.05, 3.63) is 44.3 Å². The minimum Gasteiger partial charge on any atom is -0.388 e. The summed E-state index contributed by atoms with van der Waals surface area (Å²) in [5.41, 5.74) is 1.07. The average Bonchev–Trinajstić information content (AvgIpc) is 2.75. The van der Waals surface area contributed by atoms with Crippen LogP contribution in [0, 0.1) is 6.92 Å². The molecule has 0 aliphatic heterocycles. The molecule has 0 amide bonds.